The second kappa shape index (κ2) is 5.23. The second-order valence-corrected chi connectivity index (χ2v) is 3.30. The number of rotatable bonds is 4. The average Bonchev–Trinajstić information content (AvgIpc) is 1.98. The highest BCUT2D eigenvalue weighted by molar-refractivity contribution is 8.05. The molecule has 0 aromatic heterocycles. The summed E-state index contributed by atoms with van der Waals surface area (Å²) in [5.74, 6) is 0. The summed E-state index contributed by atoms with van der Waals surface area (Å²) in [6.45, 7) is 5.12. The minimum Gasteiger partial charge on any atom is -0.399 e. The average molecular weight is 175 g/mol. The molecule has 1 atom stereocenters. The molecule has 0 bridgehead atoms. The van der Waals surface area contributed by atoms with Gasteiger partial charge in [0, 0.05) is 5.70 Å². The monoisotopic (exact) mass is 175 g/mol. The molecule has 0 radical (unpaired) electrons. The summed E-state index contributed by atoms with van der Waals surface area (Å²) in [7, 11) is 0. The van der Waals surface area contributed by atoms with Crippen LogP contribution in [0.1, 0.15) is 6.92 Å². The molecule has 11 heavy (non-hydrogen) atoms. The van der Waals surface area contributed by atoms with E-state index in [0.29, 0.717) is 0 Å². The van der Waals surface area contributed by atoms with Gasteiger partial charge in [0.1, 0.15) is 6.10 Å². The van der Waals surface area contributed by atoms with Crippen molar-refractivity contribution in [3.05, 3.63) is 22.6 Å². The molecule has 0 aliphatic carbocycles. The Hall–Kier alpha value is -0.450. The number of allylic oxidation sites excluding steroid dienone is 1. The summed E-state index contributed by atoms with van der Waals surface area (Å²) in [5, 5.41) is 19.0. The molecule has 4 N–H and O–H groups in total. The molecule has 4 heteroatoms. The molecule has 0 fully saturated rings. The summed E-state index contributed by atoms with van der Waals surface area (Å²) in [4.78, 5) is 0.887. The van der Waals surface area contributed by atoms with E-state index in [1.54, 1.807) is 5.41 Å². The maximum absolute atomic E-state index is 8.95. The van der Waals surface area contributed by atoms with E-state index in [2.05, 4.69) is 6.58 Å². The smallest absolute Gasteiger partial charge is 0.117 e. The third-order valence-corrected chi connectivity index (χ3v) is 1.75. The van der Waals surface area contributed by atoms with Crippen LogP contribution in [0, 0.1) is 0 Å². The predicted molar refractivity (Wildman–Crippen MR) is 47.8 cm³/mol. The van der Waals surface area contributed by atoms with Crippen LogP contribution in [-0.4, -0.2) is 22.9 Å². The predicted octanol–water partition coefficient (Wildman–Crippen LogP) is 0.407. The van der Waals surface area contributed by atoms with Crippen LogP contribution in [0.2, 0.25) is 0 Å². The van der Waals surface area contributed by atoms with Gasteiger partial charge in [0.2, 0.25) is 0 Å². The first kappa shape index (κ1) is 10.6. The summed E-state index contributed by atoms with van der Waals surface area (Å²) in [5.41, 5.74) is 5.63. The fourth-order valence-electron chi connectivity index (χ4n) is 0.353. The Morgan fingerprint density at radius 2 is 2.36 bits per heavy atom. The van der Waals surface area contributed by atoms with Crippen LogP contribution in [0.5, 0.6) is 0 Å². The maximum atomic E-state index is 8.95. The number of hydrogen-bond donors (Lipinski definition) is 3. The molecule has 0 aliphatic heterocycles. The van der Waals surface area contributed by atoms with E-state index < -0.39 is 6.10 Å². The molecule has 0 amide bonds. The highest BCUT2D eigenvalue weighted by Gasteiger charge is 2.03. The number of thioether (sulfide) groups is 1. The molecule has 64 valence electrons. The second-order valence-electron chi connectivity index (χ2n) is 2.14. The van der Waals surface area contributed by atoms with Crippen molar-refractivity contribution in [3.63, 3.8) is 0 Å². The van der Waals surface area contributed by atoms with Gasteiger partial charge in [0.25, 0.3) is 0 Å². The van der Waals surface area contributed by atoms with Crippen LogP contribution in [-0.2, 0) is 0 Å². The zero-order chi connectivity index (χ0) is 8.85. The summed E-state index contributed by atoms with van der Waals surface area (Å²) < 4.78 is 0. The molecule has 0 aliphatic rings. The fraction of sp³-hybridized carbons (Fsp3) is 0.429. The van der Waals surface area contributed by atoms with E-state index in [-0.39, 0.29) is 12.3 Å². The van der Waals surface area contributed by atoms with E-state index >= 15 is 0 Å². The molecule has 0 aromatic carbocycles. The van der Waals surface area contributed by atoms with Gasteiger partial charge in [-0.05, 0) is 17.2 Å². The lowest BCUT2D eigenvalue weighted by Gasteiger charge is -2.06. The van der Waals surface area contributed by atoms with Gasteiger partial charge < -0.3 is 15.9 Å². The Kier molecular flexibility index (Phi) is 5.02. The van der Waals surface area contributed by atoms with Gasteiger partial charge >= 0.3 is 0 Å². The summed E-state index contributed by atoms with van der Waals surface area (Å²) >= 11 is 1.33. The van der Waals surface area contributed by atoms with Crippen molar-refractivity contribution in [3.8, 4) is 0 Å². The summed E-state index contributed by atoms with van der Waals surface area (Å²) in [6, 6.07) is 0. The van der Waals surface area contributed by atoms with Crippen LogP contribution in [0.4, 0.5) is 0 Å². The van der Waals surface area contributed by atoms with E-state index in [1.165, 1.54) is 11.8 Å². The quantitative estimate of drug-likeness (QED) is 0.579. The van der Waals surface area contributed by atoms with Crippen molar-refractivity contribution in [2.45, 2.75) is 13.0 Å². The van der Waals surface area contributed by atoms with Gasteiger partial charge in [-0.25, -0.2) is 0 Å². The minimum absolute atomic E-state index is 0.264. The lowest BCUT2D eigenvalue weighted by molar-refractivity contribution is 0.121. The van der Waals surface area contributed by atoms with Crippen LogP contribution in [0.25, 0.3) is 0 Å². The standard InChI is InChI=1S/C7H13NO2S/c1-5(2)11-4-6(8)7(10)3-9/h4,7,9-10H,1,3,8H2,2H3/b6-4-. The molecular weight excluding hydrogens is 162 g/mol. The molecule has 0 saturated carbocycles. The topological polar surface area (TPSA) is 66.5 Å². The van der Waals surface area contributed by atoms with Gasteiger partial charge in [-0.3, -0.25) is 0 Å². The SMILES string of the molecule is C=C(C)S/C=C(\N)C(O)CO. The van der Waals surface area contributed by atoms with Crippen molar-refractivity contribution >= 4 is 11.8 Å². The van der Waals surface area contributed by atoms with Gasteiger partial charge in [-0.1, -0.05) is 6.58 Å². The molecular formula is C7H13NO2S. The Bertz CT molecular complexity index is 168. The molecule has 1 unspecified atom stereocenters. The van der Waals surface area contributed by atoms with Crippen LogP contribution >= 0.6 is 11.8 Å². The largest absolute Gasteiger partial charge is 0.399 e. The lowest BCUT2D eigenvalue weighted by atomic mass is 10.3. The Morgan fingerprint density at radius 1 is 1.82 bits per heavy atom. The Balaban J connectivity index is 3.89. The minimum atomic E-state index is -0.957. The Morgan fingerprint density at radius 3 is 2.73 bits per heavy atom. The van der Waals surface area contributed by atoms with E-state index in [0.717, 1.165) is 4.91 Å². The first-order valence-electron chi connectivity index (χ1n) is 3.14. The normalized spacial score (nSPS) is 14.6. The van der Waals surface area contributed by atoms with Crippen LogP contribution in [0.3, 0.4) is 0 Å². The highest BCUT2D eigenvalue weighted by Crippen LogP contribution is 2.15. The molecule has 0 spiro atoms. The van der Waals surface area contributed by atoms with Gasteiger partial charge in [-0.15, -0.1) is 11.8 Å². The third-order valence-electron chi connectivity index (χ3n) is 0.954. The van der Waals surface area contributed by atoms with Crippen molar-refractivity contribution in [1.82, 2.24) is 0 Å². The number of aliphatic hydroxyl groups is 2. The van der Waals surface area contributed by atoms with Crippen molar-refractivity contribution < 1.29 is 10.2 Å². The van der Waals surface area contributed by atoms with Crippen molar-refractivity contribution in [1.29, 1.82) is 0 Å². The fourth-order valence-corrected chi connectivity index (χ4v) is 0.847. The highest BCUT2D eigenvalue weighted by atomic mass is 32.2. The maximum Gasteiger partial charge on any atom is 0.117 e. The first-order chi connectivity index (χ1) is 5.07. The van der Waals surface area contributed by atoms with E-state index in [9.17, 15) is 0 Å². The first-order valence-corrected chi connectivity index (χ1v) is 4.02. The number of nitrogens with two attached hydrogens (primary N) is 1. The molecule has 3 nitrogen and oxygen atoms in total. The molecule has 0 saturated heterocycles. The van der Waals surface area contributed by atoms with Gasteiger partial charge in [0.15, 0.2) is 0 Å². The van der Waals surface area contributed by atoms with E-state index in [1.807, 2.05) is 6.92 Å². The lowest BCUT2D eigenvalue weighted by Crippen LogP contribution is -2.20. The van der Waals surface area contributed by atoms with Crippen molar-refractivity contribution in [2.24, 2.45) is 5.73 Å². The van der Waals surface area contributed by atoms with Crippen LogP contribution < -0.4 is 5.73 Å². The molecule has 0 heterocycles. The third kappa shape index (κ3) is 4.89. The van der Waals surface area contributed by atoms with Crippen LogP contribution in [0.15, 0.2) is 22.6 Å². The van der Waals surface area contributed by atoms with E-state index in [4.69, 9.17) is 15.9 Å². The molecule has 0 rings (SSSR count). The number of aliphatic hydroxyl groups excluding tert-OH is 2. The van der Waals surface area contributed by atoms with Crippen molar-refractivity contribution in [2.75, 3.05) is 6.61 Å². The zero-order valence-electron chi connectivity index (χ0n) is 6.45. The van der Waals surface area contributed by atoms with Gasteiger partial charge in [0.05, 0.1) is 6.61 Å². The number of hydrogen-bond acceptors (Lipinski definition) is 4. The van der Waals surface area contributed by atoms with Gasteiger partial charge in [-0.2, -0.15) is 0 Å². The molecule has 0 aromatic rings. The zero-order valence-corrected chi connectivity index (χ0v) is 7.27. The Labute approximate surface area is 70.6 Å². The summed E-state index contributed by atoms with van der Waals surface area (Å²) in [6.07, 6.45) is -0.957.